The lowest BCUT2D eigenvalue weighted by Gasteiger charge is -2.41. The molecule has 0 spiro atoms. The van der Waals surface area contributed by atoms with E-state index in [0.29, 0.717) is 30.8 Å². The van der Waals surface area contributed by atoms with Gasteiger partial charge in [-0.25, -0.2) is 13.6 Å². The molecule has 4 rings (SSSR count). The number of benzene rings is 2. The van der Waals surface area contributed by atoms with E-state index in [2.05, 4.69) is 10.6 Å². The highest BCUT2D eigenvalue weighted by atomic mass is 32.2. The fourth-order valence-corrected chi connectivity index (χ4v) is 7.52. The summed E-state index contributed by atoms with van der Waals surface area (Å²) in [5, 5.41) is 14.9. The van der Waals surface area contributed by atoms with E-state index in [1.165, 1.54) is 0 Å². The molecule has 2 heterocycles. The molecule has 0 aliphatic carbocycles. The summed E-state index contributed by atoms with van der Waals surface area (Å²) in [7, 11) is 0. The maximum absolute atomic E-state index is 15.1. The van der Waals surface area contributed by atoms with Crippen molar-refractivity contribution in [2.75, 3.05) is 64.1 Å². The number of carbonyl (C=O) groups excluding carboxylic acids is 5. The number of hydrogen-bond acceptors (Lipinski definition) is 10. The van der Waals surface area contributed by atoms with E-state index in [1.807, 2.05) is 55.7 Å². The van der Waals surface area contributed by atoms with Gasteiger partial charge in [-0.05, 0) is 48.2 Å². The number of amides is 5. The van der Waals surface area contributed by atoms with Gasteiger partial charge in [0.25, 0.3) is 11.8 Å². The highest BCUT2D eigenvalue weighted by molar-refractivity contribution is 8.00. The van der Waals surface area contributed by atoms with E-state index < -0.39 is 58.7 Å². The first kappa shape index (κ1) is 48.2. The topological polar surface area (TPSA) is 203 Å². The van der Waals surface area contributed by atoms with E-state index in [9.17, 15) is 38.3 Å². The van der Waals surface area contributed by atoms with Crippen LogP contribution < -0.4 is 16.4 Å². The van der Waals surface area contributed by atoms with E-state index in [0.717, 1.165) is 52.6 Å². The summed E-state index contributed by atoms with van der Waals surface area (Å²) < 4.78 is 42.2. The maximum Gasteiger partial charge on any atom is 0.327 e. The first-order valence-electron chi connectivity index (χ1n) is 19.8. The van der Waals surface area contributed by atoms with Crippen LogP contribution in [0.4, 0.5) is 8.78 Å². The largest absolute Gasteiger partial charge is 0.480 e. The summed E-state index contributed by atoms with van der Waals surface area (Å²) in [6.45, 7) is 7.07. The molecule has 18 heteroatoms. The summed E-state index contributed by atoms with van der Waals surface area (Å²) in [6, 6.07) is 12.8. The molecule has 0 unspecified atom stereocenters. The molecule has 0 saturated heterocycles. The number of ether oxygens (including phenoxy) is 2. The van der Waals surface area contributed by atoms with Crippen molar-refractivity contribution in [3.63, 3.8) is 0 Å². The second-order valence-corrected chi connectivity index (χ2v) is 16.3. The number of nitrogens with two attached hydrogens (primary N) is 1. The Morgan fingerprint density at radius 3 is 2.28 bits per heavy atom. The molecular weight excluding hydrogens is 815 g/mol. The van der Waals surface area contributed by atoms with Crippen molar-refractivity contribution in [3.8, 4) is 11.1 Å². The van der Waals surface area contributed by atoms with Crippen LogP contribution in [0.1, 0.15) is 50.9 Å². The van der Waals surface area contributed by atoms with Gasteiger partial charge in [-0.1, -0.05) is 51.1 Å². The third kappa shape index (κ3) is 14.9. The van der Waals surface area contributed by atoms with Gasteiger partial charge in [0.15, 0.2) is 0 Å². The molecule has 15 nitrogen and oxygen atoms in total. The van der Waals surface area contributed by atoms with Crippen LogP contribution in [0.15, 0.2) is 72.9 Å². The lowest BCUT2D eigenvalue weighted by atomic mass is 9.83. The zero-order valence-electron chi connectivity index (χ0n) is 34.6. The number of halogens is 2. The van der Waals surface area contributed by atoms with Crippen LogP contribution in [0.2, 0.25) is 0 Å². The highest BCUT2D eigenvalue weighted by Gasteiger charge is 2.37. The predicted molar refractivity (Wildman–Crippen MR) is 225 cm³/mol. The number of carboxylic acid groups (broad SMARTS) is 1. The van der Waals surface area contributed by atoms with Crippen LogP contribution in [0.5, 0.6) is 0 Å². The predicted octanol–water partition coefficient (Wildman–Crippen LogP) is 3.51. The van der Waals surface area contributed by atoms with Crippen LogP contribution in [-0.2, 0) is 44.8 Å². The number of hydrogen-bond donors (Lipinski definition) is 4. The molecule has 1 aliphatic heterocycles. The number of imide groups is 1. The number of thioether (sulfide) groups is 1. The van der Waals surface area contributed by atoms with E-state index in [-0.39, 0.29) is 75.5 Å². The van der Waals surface area contributed by atoms with Crippen molar-refractivity contribution in [1.29, 1.82) is 0 Å². The quantitative estimate of drug-likeness (QED) is 0.0717. The van der Waals surface area contributed by atoms with Crippen molar-refractivity contribution in [2.24, 2.45) is 11.1 Å². The third-order valence-corrected chi connectivity index (χ3v) is 10.5. The van der Waals surface area contributed by atoms with Crippen molar-refractivity contribution in [2.45, 2.75) is 52.2 Å². The molecule has 5 amide bonds. The Kier molecular flexibility index (Phi) is 18.6. The molecule has 2 aromatic carbocycles. The second kappa shape index (κ2) is 23.5. The molecule has 0 saturated carbocycles. The molecule has 3 aromatic rings. The Hall–Kier alpha value is -5.43. The summed E-state index contributed by atoms with van der Waals surface area (Å²) in [4.78, 5) is 76.5. The lowest BCUT2D eigenvalue weighted by Crippen LogP contribution is -2.45. The minimum absolute atomic E-state index is 0.0142. The second-order valence-electron chi connectivity index (χ2n) is 15.3. The van der Waals surface area contributed by atoms with E-state index >= 15 is 4.39 Å². The Morgan fingerprint density at radius 2 is 1.62 bits per heavy atom. The molecule has 0 bridgehead atoms. The highest BCUT2D eigenvalue weighted by Crippen LogP contribution is 2.41. The first-order valence-corrected chi connectivity index (χ1v) is 21.0. The average molecular weight is 869 g/mol. The molecule has 1 aliphatic rings. The summed E-state index contributed by atoms with van der Waals surface area (Å²) in [5.74, 6) is -5.12. The van der Waals surface area contributed by atoms with Gasteiger partial charge in [0.05, 0.1) is 38.2 Å². The first-order chi connectivity index (χ1) is 29.1. The van der Waals surface area contributed by atoms with Crippen LogP contribution in [0.3, 0.4) is 0 Å². The van der Waals surface area contributed by atoms with Gasteiger partial charge < -0.3 is 40.4 Å². The fraction of sp³-hybridized carbons (Fsp3) is 0.442. The minimum atomic E-state index is -1.29. The number of aliphatic carboxylic acids is 1. The molecule has 330 valence electrons. The standard InChI is InChI=1S/C43H54F2N6O9S/c1-43(2,3)41(35-22-30(32-23-31(44)10-11-33(32)45)25-49(35)24-29-8-5-4-6-9-29)50(17-7-15-46)40(56)28-61-27-34(42(57)58)48-36(52)14-18-59-20-21-60-19-16-47-37(53)26-51-38(54)12-13-39(51)55/h4-6,8-13,22-23,25,34,41H,7,14-21,24,26-28,46H2,1-3H3,(H,47,53)(H,48,52)(H,57,58)/t34-,41-/m0/s1. The van der Waals surface area contributed by atoms with Gasteiger partial charge in [0.1, 0.15) is 24.2 Å². The van der Waals surface area contributed by atoms with Crippen LogP contribution in [0.25, 0.3) is 11.1 Å². The third-order valence-electron chi connectivity index (χ3n) is 9.46. The maximum atomic E-state index is 15.1. The number of nitrogens with one attached hydrogen (secondary N) is 2. The van der Waals surface area contributed by atoms with E-state index in [1.54, 1.807) is 17.2 Å². The van der Waals surface area contributed by atoms with Gasteiger partial charge in [-0.2, -0.15) is 0 Å². The smallest absolute Gasteiger partial charge is 0.327 e. The number of rotatable bonds is 25. The number of carboxylic acids is 1. The van der Waals surface area contributed by atoms with Crippen molar-refractivity contribution in [3.05, 3.63) is 95.8 Å². The van der Waals surface area contributed by atoms with Crippen molar-refractivity contribution >= 4 is 47.3 Å². The van der Waals surface area contributed by atoms with Gasteiger partial charge in [0.2, 0.25) is 17.7 Å². The van der Waals surface area contributed by atoms with Gasteiger partial charge >= 0.3 is 5.97 Å². The summed E-state index contributed by atoms with van der Waals surface area (Å²) >= 11 is 1.06. The Morgan fingerprint density at radius 1 is 0.934 bits per heavy atom. The molecule has 5 N–H and O–H groups in total. The van der Waals surface area contributed by atoms with Crippen molar-refractivity contribution in [1.82, 2.24) is 25.0 Å². The molecule has 61 heavy (non-hydrogen) atoms. The van der Waals surface area contributed by atoms with Crippen molar-refractivity contribution < 1.29 is 52.1 Å². The van der Waals surface area contributed by atoms with Gasteiger partial charge in [-0.3, -0.25) is 28.9 Å². The number of nitrogens with zero attached hydrogens (tertiary/aromatic N) is 3. The normalized spacial score (nSPS) is 13.6. The molecular formula is C43H54F2N6O9S. The Labute approximate surface area is 358 Å². The van der Waals surface area contributed by atoms with Crippen LogP contribution >= 0.6 is 11.8 Å². The van der Waals surface area contributed by atoms with Crippen LogP contribution in [-0.4, -0.2) is 125 Å². The fourth-order valence-electron chi connectivity index (χ4n) is 6.60. The summed E-state index contributed by atoms with van der Waals surface area (Å²) in [5.41, 5.74) is 7.54. The number of carbonyl (C=O) groups is 6. The van der Waals surface area contributed by atoms with E-state index in [4.69, 9.17) is 15.2 Å². The average Bonchev–Trinajstić information content (AvgIpc) is 3.76. The molecule has 1 aromatic heterocycles. The minimum Gasteiger partial charge on any atom is -0.480 e. The Bertz CT molecular complexity index is 2010. The molecule has 2 atom stereocenters. The SMILES string of the molecule is CC(C)(C)[C@H](c1cc(-c2cc(F)ccc2F)cn1Cc1ccccc1)N(CCCN)C(=O)CSC[C@H](NC(=O)CCOCCOCCNC(=O)CN1C(=O)C=CC1=O)C(=O)O. The monoisotopic (exact) mass is 868 g/mol. The van der Waals surface area contributed by atoms with Crippen LogP contribution in [0, 0.1) is 17.0 Å². The van der Waals surface area contributed by atoms with Gasteiger partial charge in [0, 0.05) is 67.0 Å². The number of aromatic nitrogens is 1. The Balaban J connectivity index is 1.31. The lowest BCUT2D eigenvalue weighted by molar-refractivity contribution is -0.141. The molecule has 0 fully saturated rings. The molecule has 0 radical (unpaired) electrons. The van der Waals surface area contributed by atoms with Gasteiger partial charge in [-0.15, -0.1) is 11.8 Å². The summed E-state index contributed by atoms with van der Waals surface area (Å²) in [6.07, 6.45) is 4.29. The zero-order valence-corrected chi connectivity index (χ0v) is 35.4. The zero-order chi connectivity index (χ0) is 44.5.